The SMILES string of the molecule is CCc1ccc(-c2ccc(C3CCC(OC(=O)c4ccc(C)c(F)c4F)CC3)c(F)c2F)c(F)c1F. The highest BCUT2D eigenvalue weighted by Gasteiger charge is 2.30. The molecule has 0 heterocycles. The highest BCUT2D eigenvalue weighted by Crippen LogP contribution is 2.39. The van der Waals surface area contributed by atoms with E-state index in [0.717, 1.165) is 6.07 Å². The monoisotopic (exact) mass is 506 g/mol. The number of aryl methyl sites for hydroxylation is 2. The van der Waals surface area contributed by atoms with Gasteiger partial charge < -0.3 is 4.74 Å². The van der Waals surface area contributed by atoms with E-state index < -0.39 is 52.5 Å². The van der Waals surface area contributed by atoms with Crippen LogP contribution in [0.1, 0.15) is 65.6 Å². The molecule has 1 fully saturated rings. The first-order chi connectivity index (χ1) is 17.1. The number of ether oxygens (including phenoxy) is 1. The minimum Gasteiger partial charge on any atom is -0.459 e. The van der Waals surface area contributed by atoms with Gasteiger partial charge in [-0.25, -0.2) is 31.1 Å². The van der Waals surface area contributed by atoms with Crippen LogP contribution in [0.25, 0.3) is 11.1 Å². The molecule has 0 unspecified atom stereocenters. The Morgan fingerprint density at radius 2 is 1.36 bits per heavy atom. The third-order valence-electron chi connectivity index (χ3n) is 6.83. The molecule has 36 heavy (non-hydrogen) atoms. The summed E-state index contributed by atoms with van der Waals surface area (Å²) < 4.78 is 91.8. The highest BCUT2D eigenvalue weighted by molar-refractivity contribution is 5.90. The van der Waals surface area contributed by atoms with E-state index in [2.05, 4.69) is 0 Å². The Morgan fingerprint density at radius 1 is 0.750 bits per heavy atom. The van der Waals surface area contributed by atoms with Crippen LogP contribution < -0.4 is 0 Å². The molecule has 3 aromatic rings. The van der Waals surface area contributed by atoms with Crippen molar-refractivity contribution < 1.29 is 35.9 Å². The van der Waals surface area contributed by atoms with Gasteiger partial charge in [0.2, 0.25) is 0 Å². The summed E-state index contributed by atoms with van der Waals surface area (Å²) in [5.74, 6) is -8.47. The van der Waals surface area contributed by atoms with Gasteiger partial charge in [0.25, 0.3) is 0 Å². The smallest absolute Gasteiger partial charge is 0.341 e. The molecule has 0 saturated heterocycles. The van der Waals surface area contributed by atoms with Gasteiger partial charge in [0.15, 0.2) is 34.9 Å². The zero-order valence-electron chi connectivity index (χ0n) is 19.7. The zero-order valence-corrected chi connectivity index (χ0v) is 19.7. The Labute approximate surface area is 204 Å². The molecule has 3 aromatic carbocycles. The van der Waals surface area contributed by atoms with E-state index in [1.807, 2.05) is 0 Å². The first-order valence-corrected chi connectivity index (χ1v) is 11.7. The van der Waals surface area contributed by atoms with E-state index in [4.69, 9.17) is 4.74 Å². The Bertz CT molecular complexity index is 1310. The minimum absolute atomic E-state index is 0.0654. The summed E-state index contributed by atoms with van der Waals surface area (Å²) in [4.78, 5) is 12.3. The van der Waals surface area contributed by atoms with E-state index in [-0.39, 0.29) is 40.2 Å². The molecular formula is C28H24F6O2. The summed E-state index contributed by atoms with van der Waals surface area (Å²) in [7, 11) is 0. The zero-order chi connectivity index (χ0) is 26.1. The Morgan fingerprint density at radius 3 is 2.00 bits per heavy atom. The predicted molar refractivity (Wildman–Crippen MR) is 123 cm³/mol. The van der Waals surface area contributed by atoms with Gasteiger partial charge in [-0.15, -0.1) is 0 Å². The summed E-state index contributed by atoms with van der Waals surface area (Å²) in [6.07, 6.45) is 1.01. The van der Waals surface area contributed by atoms with E-state index >= 15 is 0 Å². The first kappa shape index (κ1) is 25.8. The number of hydrogen-bond acceptors (Lipinski definition) is 2. The lowest BCUT2D eigenvalue weighted by molar-refractivity contribution is 0.0188. The number of esters is 1. The van der Waals surface area contributed by atoms with Crippen LogP contribution in [-0.4, -0.2) is 12.1 Å². The molecule has 4 rings (SSSR count). The van der Waals surface area contributed by atoms with E-state index in [0.29, 0.717) is 25.7 Å². The molecule has 8 heteroatoms. The second kappa shape index (κ2) is 10.4. The van der Waals surface area contributed by atoms with Crippen molar-refractivity contribution in [3.05, 3.63) is 93.6 Å². The molecule has 0 radical (unpaired) electrons. The van der Waals surface area contributed by atoms with Crippen molar-refractivity contribution in [3.63, 3.8) is 0 Å². The molecule has 1 saturated carbocycles. The first-order valence-electron chi connectivity index (χ1n) is 11.7. The van der Waals surface area contributed by atoms with Crippen molar-refractivity contribution in [3.8, 4) is 11.1 Å². The molecule has 190 valence electrons. The highest BCUT2D eigenvalue weighted by atomic mass is 19.2. The number of halogens is 6. The standard InChI is InChI=1S/C28H24F6O2/c1-3-15-7-11-19(25(32)23(15)30)20-13-12-18(24(31)26(20)33)16-5-8-17(9-6-16)36-28(35)21-10-4-14(2)22(29)27(21)34/h4,7,10-13,16-17H,3,5-6,8-9H2,1-2H3. The number of hydrogen-bond donors (Lipinski definition) is 0. The number of benzene rings is 3. The average molecular weight is 506 g/mol. The fourth-order valence-corrected chi connectivity index (χ4v) is 4.67. The van der Waals surface area contributed by atoms with E-state index in [9.17, 15) is 31.1 Å². The van der Waals surface area contributed by atoms with Crippen LogP contribution in [-0.2, 0) is 11.2 Å². The lowest BCUT2D eigenvalue weighted by Gasteiger charge is -2.29. The van der Waals surface area contributed by atoms with Crippen molar-refractivity contribution in [2.24, 2.45) is 0 Å². The minimum atomic E-state index is -1.27. The average Bonchev–Trinajstić information content (AvgIpc) is 2.87. The molecule has 0 bridgehead atoms. The molecule has 0 N–H and O–H groups in total. The topological polar surface area (TPSA) is 26.3 Å². The van der Waals surface area contributed by atoms with E-state index in [1.165, 1.54) is 37.3 Å². The van der Waals surface area contributed by atoms with Crippen LogP contribution in [0.15, 0.2) is 36.4 Å². The second-order valence-electron chi connectivity index (χ2n) is 9.02. The third kappa shape index (κ3) is 4.73. The van der Waals surface area contributed by atoms with Gasteiger partial charge in [-0.05, 0) is 67.7 Å². The lowest BCUT2D eigenvalue weighted by atomic mass is 9.82. The normalized spacial score (nSPS) is 17.8. The quantitative estimate of drug-likeness (QED) is 0.259. The molecule has 0 aliphatic heterocycles. The maximum Gasteiger partial charge on any atom is 0.341 e. The molecule has 0 spiro atoms. The van der Waals surface area contributed by atoms with Crippen LogP contribution in [0.2, 0.25) is 0 Å². The molecule has 1 aliphatic carbocycles. The van der Waals surface area contributed by atoms with Crippen LogP contribution >= 0.6 is 0 Å². The maximum atomic E-state index is 15.0. The molecular weight excluding hydrogens is 482 g/mol. The maximum absolute atomic E-state index is 15.0. The Hall–Kier alpha value is -3.29. The number of carbonyl (C=O) groups is 1. The van der Waals surface area contributed by atoms with Crippen molar-refractivity contribution >= 4 is 5.97 Å². The fraction of sp³-hybridized carbons (Fsp3) is 0.321. The van der Waals surface area contributed by atoms with Crippen molar-refractivity contribution in [1.82, 2.24) is 0 Å². The molecule has 0 amide bonds. The summed E-state index contributed by atoms with van der Waals surface area (Å²) in [6.45, 7) is 3.03. The number of carbonyl (C=O) groups excluding carboxylic acids is 1. The van der Waals surface area contributed by atoms with Crippen molar-refractivity contribution in [2.45, 2.75) is 58.0 Å². The Balaban J connectivity index is 1.47. The van der Waals surface area contributed by atoms with Gasteiger partial charge in [0, 0.05) is 11.1 Å². The molecule has 2 nitrogen and oxygen atoms in total. The molecule has 1 aliphatic rings. The van der Waals surface area contributed by atoms with Crippen molar-refractivity contribution in [1.29, 1.82) is 0 Å². The van der Waals surface area contributed by atoms with Gasteiger partial charge in [-0.1, -0.05) is 37.3 Å². The van der Waals surface area contributed by atoms with Gasteiger partial charge in [0.05, 0.1) is 5.56 Å². The van der Waals surface area contributed by atoms with Crippen LogP contribution in [0.3, 0.4) is 0 Å². The third-order valence-corrected chi connectivity index (χ3v) is 6.83. The summed E-state index contributed by atoms with van der Waals surface area (Å²) in [5.41, 5.74) is -0.927. The van der Waals surface area contributed by atoms with Gasteiger partial charge >= 0.3 is 5.97 Å². The Kier molecular flexibility index (Phi) is 7.43. The molecule has 0 aromatic heterocycles. The molecule has 0 atom stereocenters. The largest absolute Gasteiger partial charge is 0.459 e. The second-order valence-corrected chi connectivity index (χ2v) is 9.02. The van der Waals surface area contributed by atoms with Crippen LogP contribution in [0, 0.1) is 41.8 Å². The van der Waals surface area contributed by atoms with Gasteiger partial charge in [-0.3, -0.25) is 0 Å². The predicted octanol–water partition coefficient (Wildman–Crippen LogP) is 7.94. The fourth-order valence-electron chi connectivity index (χ4n) is 4.67. The summed E-state index contributed by atoms with van der Waals surface area (Å²) in [6, 6.07) is 7.62. The van der Waals surface area contributed by atoms with Crippen LogP contribution in [0.5, 0.6) is 0 Å². The van der Waals surface area contributed by atoms with Gasteiger partial charge in [0.1, 0.15) is 6.10 Å². The van der Waals surface area contributed by atoms with Crippen molar-refractivity contribution in [2.75, 3.05) is 0 Å². The summed E-state index contributed by atoms with van der Waals surface area (Å²) in [5, 5.41) is 0. The summed E-state index contributed by atoms with van der Waals surface area (Å²) >= 11 is 0. The number of rotatable bonds is 5. The van der Waals surface area contributed by atoms with Crippen LogP contribution in [0.4, 0.5) is 26.3 Å². The van der Waals surface area contributed by atoms with Gasteiger partial charge in [-0.2, -0.15) is 0 Å². The lowest BCUT2D eigenvalue weighted by Crippen LogP contribution is -2.25. The van der Waals surface area contributed by atoms with E-state index in [1.54, 1.807) is 6.92 Å².